The highest BCUT2D eigenvalue weighted by Crippen LogP contribution is 2.31. The minimum Gasteiger partial charge on any atom is -0.373 e. The number of nitrogens with two attached hydrogens (primary N) is 1. The average Bonchev–Trinajstić information content (AvgIpc) is 2.52. The Balaban J connectivity index is 2.06. The molecule has 2 heteroatoms. The van der Waals surface area contributed by atoms with Crippen molar-refractivity contribution in [3.8, 4) is 0 Å². The molecule has 0 saturated carbocycles. The molecule has 0 amide bonds. The van der Waals surface area contributed by atoms with Crippen LogP contribution < -0.4 is 5.73 Å². The van der Waals surface area contributed by atoms with Gasteiger partial charge in [-0.05, 0) is 43.4 Å². The zero-order valence-corrected chi connectivity index (χ0v) is 9.82. The minimum absolute atomic E-state index is 0.297. The van der Waals surface area contributed by atoms with Gasteiger partial charge in [-0.15, -0.1) is 0 Å². The molecule has 1 atom stereocenters. The molecule has 2 N–H and O–H groups in total. The lowest BCUT2D eigenvalue weighted by atomic mass is 10.0. The molecule has 0 radical (unpaired) electrons. The molecule has 88 valence electrons. The third-order valence-electron chi connectivity index (χ3n) is 3.23. The topological polar surface area (TPSA) is 35.2 Å². The van der Waals surface area contributed by atoms with Crippen molar-refractivity contribution in [2.24, 2.45) is 5.73 Å². The first kappa shape index (κ1) is 11.6. The highest BCUT2D eigenvalue weighted by atomic mass is 16.5. The molecular weight excluding hydrogens is 198 g/mol. The lowest BCUT2D eigenvalue weighted by Crippen LogP contribution is -2.09. The van der Waals surface area contributed by atoms with E-state index in [1.807, 2.05) is 0 Å². The Kier molecular flexibility index (Phi) is 4.37. The van der Waals surface area contributed by atoms with E-state index >= 15 is 0 Å². The van der Waals surface area contributed by atoms with Crippen molar-refractivity contribution in [3.05, 3.63) is 35.4 Å². The van der Waals surface area contributed by atoms with E-state index in [1.54, 1.807) is 0 Å². The quantitative estimate of drug-likeness (QED) is 0.624. The van der Waals surface area contributed by atoms with Crippen molar-refractivity contribution in [3.63, 3.8) is 0 Å². The maximum absolute atomic E-state index is 5.95. The smallest absolute Gasteiger partial charge is 0.0827 e. The number of hydrogen-bond acceptors (Lipinski definition) is 2. The van der Waals surface area contributed by atoms with E-state index in [0.29, 0.717) is 12.6 Å². The summed E-state index contributed by atoms with van der Waals surface area (Å²) in [5.41, 5.74) is 8.36. The first-order valence-electron chi connectivity index (χ1n) is 6.31. The molecule has 2 rings (SSSR count). The lowest BCUT2D eigenvalue weighted by molar-refractivity contribution is 0.0457. The van der Waals surface area contributed by atoms with E-state index < -0.39 is 0 Å². The van der Waals surface area contributed by atoms with Gasteiger partial charge in [-0.25, -0.2) is 0 Å². The molecule has 0 bridgehead atoms. The van der Waals surface area contributed by atoms with Gasteiger partial charge in [0.15, 0.2) is 0 Å². The van der Waals surface area contributed by atoms with Gasteiger partial charge >= 0.3 is 0 Å². The van der Waals surface area contributed by atoms with E-state index in [0.717, 1.165) is 19.4 Å². The SMILES string of the molecule is NCCCOC1CCCCc2ccccc21. The maximum atomic E-state index is 5.95. The van der Waals surface area contributed by atoms with E-state index in [4.69, 9.17) is 10.5 Å². The molecule has 1 aliphatic rings. The molecule has 1 aliphatic carbocycles. The second kappa shape index (κ2) is 6.02. The fraction of sp³-hybridized carbons (Fsp3) is 0.571. The van der Waals surface area contributed by atoms with Crippen LogP contribution >= 0.6 is 0 Å². The zero-order valence-electron chi connectivity index (χ0n) is 9.82. The fourth-order valence-corrected chi connectivity index (χ4v) is 2.36. The number of aryl methyl sites for hydroxylation is 1. The molecule has 0 aliphatic heterocycles. The Labute approximate surface area is 97.8 Å². The number of benzene rings is 1. The molecule has 1 aromatic carbocycles. The molecule has 0 saturated heterocycles. The average molecular weight is 219 g/mol. The Morgan fingerprint density at radius 2 is 2.12 bits per heavy atom. The van der Waals surface area contributed by atoms with E-state index in [-0.39, 0.29) is 0 Å². The van der Waals surface area contributed by atoms with Crippen molar-refractivity contribution in [2.75, 3.05) is 13.2 Å². The minimum atomic E-state index is 0.297. The standard InChI is InChI=1S/C14H21NO/c15-10-5-11-16-14-9-4-2-7-12-6-1-3-8-13(12)14/h1,3,6,8,14H,2,4-5,7,9-11,15H2. The van der Waals surface area contributed by atoms with Crippen molar-refractivity contribution in [1.82, 2.24) is 0 Å². The van der Waals surface area contributed by atoms with Crippen LogP contribution in [0.2, 0.25) is 0 Å². The monoisotopic (exact) mass is 219 g/mol. The van der Waals surface area contributed by atoms with Crippen LogP contribution in [0.15, 0.2) is 24.3 Å². The molecule has 16 heavy (non-hydrogen) atoms. The summed E-state index contributed by atoms with van der Waals surface area (Å²) in [4.78, 5) is 0. The number of rotatable bonds is 4. The van der Waals surface area contributed by atoms with Gasteiger partial charge in [0.25, 0.3) is 0 Å². The number of ether oxygens (including phenoxy) is 1. The summed E-state index contributed by atoms with van der Waals surface area (Å²) in [7, 11) is 0. The molecule has 2 nitrogen and oxygen atoms in total. The summed E-state index contributed by atoms with van der Waals surface area (Å²) >= 11 is 0. The predicted octanol–water partition coefficient (Wildman–Crippen LogP) is 2.82. The third-order valence-corrected chi connectivity index (χ3v) is 3.23. The van der Waals surface area contributed by atoms with Crippen LogP contribution in [0.5, 0.6) is 0 Å². The first-order chi connectivity index (χ1) is 7.92. The zero-order chi connectivity index (χ0) is 11.2. The van der Waals surface area contributed by atoms with Gasteiger partial charge in [0.2, 0.25) is 0 Å². The van der Waals surface area contributed by atoms with Crippen LogP contribution in [0.1, 0.15) is 42.9 Å². The second-order valence-corrected chi connectivity index (χ2v) is 4.45. The number of fused-ring (bicyclic) bond motifs is 1. The van der Waals surface area contributed by atoms with Gasteiger partial charge in [-0.1, -0.05) is 30.7 Å². The van der Waals surface area contributed by atoms with Crippen molar-refractivity contribution in [1.29, 1.82) is 0 Å². The second-order valence-electron chi connectivity index (χ2n) is 4.45. The molecule has 0 aromatic heterocycles. The first-order valence-corrected chi connectivity index (χ1v) is 6.31. The Morgan fingerprint density at radius 1 is 1.25 bits per heavy atom. The van der Waals surface area contributed by atoms with Gasteiger partial charge in [-0.2, -0.15) is 0 Å². The van der Waals surface area contributed by atoms with E-state index in [9.17, 15) is 0 Å². The summed E-state index contributed by atoms with van der Waals surface area (Å²) in [6.07, 6.45) is 6.16. The van der Waals surface area contributed by atoms with E-state index in [1.165, 1.54) is 30.4 Å². The highest BCUT2D eigenvalue weighted by molar-refractivity contribution is 5.30. The molecule has 1 unspecified atom stereocenters. The van der Waals surface area contributed by atoms with Crippen LogP contribution in [-0.2, 0) is 11.2 Å². The van der Waals surface area contributed by atoms with Crippen LogP contribution in [0.4, 0.5) is 0 Å². The summed E-state index contributed by atoms with van der Waals surface area (Å²) in [6, 6.07) is 8.69. The third kappa shape index (κ3) is 2.83. The largest absolute Gasteiger partial charge is 0.373 e. The molecule has 0 spiro atoms. The maximum Gasteiger partial charge on any atom is 0.0827 e. The van der Waals surface area contributed by atoms with Crippen molar-refractivity contribution < 1.29 is 4.74 Å². The van der Waals surface area contributed by atoms with Gasteiger partial charge < -0.3 is 10.5 Å². The lowest BCUT2D eigenvalue weighted by Gasteiger charge is -2.18. The normalized spacial score (nSPS) is 20.2. The van der Waals surface area contributed by atoms with Gasteiger partial charge in [0.1, 0.15) is 0 Å². The summed E-state index contributed by atoms with van der Waals surface area (Å²) < 4.78 is 5.95. The molecular formula is C14H21NO. The van der Waals surface area contributed by atoms with Crippen molar-refractivity contribution >= 4 is 0 Å². The van der Waals surface area contributed by atoms with Gasteiger partial charge in [-0.3, -0.25) is 0 Å². The van der Waals surface area contributed by atoms with Gasteiger partial charge in [0, 0.05) is 6.61 Å². The van der Waals surface area contributed by atoms with E-state index in [2.05, 4.69) is 24.3 Å². The summed E-state index contributed by atoms with van der Waals surface area (Å²) in [6.45, 7) is 1.50. The summed E-state index contributed by atoms with van der Waals surface area (Å²) in [5.74, 6) is 0. The van der Waals surface area contributed by atoms with Crippen LogP contribution in [0, 0.1) is 0 Å². The Bertz CT molecular complexity index is 324. The predicted molar refractivity (Wildman–Crippen MR) is 66.4 cm³/mol. The molecule has 1 aromatic rings. The fourth-order valence-electron chi connectivity index (χ4n) is 2.36. The van der Waals surface area contributed by atoms with Crippen LogP contribution in [-0.4, -0.2) is 13.2 Å². The van der Waals surface area contributed by atoms with Crippen molar-refractivity contribution in [2.45, 2.75) is 38.2 Å². The van der Waals surface area contributed by atoms with Crippen LogP contribution in [0.3, 0.4) is 0 Å². The Morgan fingerprint density at radius 3 is 3.00 bits per heavy atom. The molecule has 0 fully saturated rings. The highest BCUT2D eigenvalue weighted by Gasteiger charge is 2.18. The summed E-state index contributed by atoms with van der Waals surface area (Å²) in [5, 5.41) is 0. The number of hydrogen-bond donors (Lipinski definition) is 1. The van der Waals surface area contributed by atoms with Crippen LogP contribution in [0.25, 0.3) is 0 Å². The molecule has 0 heterocycles. The Hall–Kier alpha value is -0.860. The van der Waals surface area contributed by atoms with Gasteiger partial charge in [0.05, 0.1) is 6.10 Å².